The van der Waals surface area contributed by atoms with E-state index in [9.17, 15) is 23.1 Å². The van der Waals surface area contributed by atoms with Crippen LogP contribution in [-0.4, -0.2) is 85.9 Å². The van der Waals surface area contributed by atoms with Gasteiger partial charge in [0.2, 0.25) is 0 Å². The zero-order valence-corrected chi connectivity index (χ0v) is 17.1. The van der Waals surface area contributed by atoms with Crippen molar-refractivity contribution in [3.05, 3.63) is 17.5 Å². The number of carbonyl (C=O) groups excluding carboxylic acids is 1. The molecule has 4 saturated heterocycles. The number of piperidine rings is 1. The van der Waals surface area contributed by atoms with Crippen molar-refractivity contribution in [1.29, 1.82) is 0 Å². The summed E-state index contributed by atoms with van der Waals surface area (Å²) in [6.45, 7) is 0.401. The topological polar surface area (TPSA) is 176 Å². The van der Waals surface area contributed by atoms with Crippen LogP contribution in [0.3, 0.4) is 0 Å². The number of nitrogens with one attached hydrogen (secondary N) is 1. The molecule has 16 heteroatoms. The van der Waals surface area contributed by atoms with Gasteiger partial charge < -0.3 is 9.84 Å². The summed E-state index contributed by atoms with van der Waals surface area (Å²) in [7, 11) is -3.03. The van der Waals surface area contributed by atoms with Crippen LogP contribution < -0.4 is 5.48 Å². The Bertz CT molecular complexity index is 1050. The van der Waals surface area contributed by atoms with E-state index in [1.807, 2.05) is 0 Å². The largest absolute Gasteiger partial charge is 0.465 e. The third kappa shape index (κ3) is 3.27. The van der Waals surface area contributed by atoms with Gasteiger partial charge in [-0.15, -0.1) is 4.28 Å². The van der Waals surface area contributed by atoms with Crippen LogP contribution in [0.4, 0.5) is 4.79 Å². The van der Waals surface area contributed by atoms with Gasteiger partial charge in [0, 0.05) is 19.2 Å². The molecule has 1 spiro atoms. The molecule has 0 radical (unpaired) electrons. The lowest BCUT2D eigenvalue weighted by molar-refractivity contribution is -0.415. The van der Waals surface area contributed by atoms with Gasteiger partial charge in [0.1, 0.15) is 6.10 Å². The van der Waals surface area contributed by atoms with Crippen LogP contribution in [0, 0.1) is 0 Å². The van der Waals surface area contributed by atoms with E-state index in [1.165, 1.54) is 4.90 Å². The fourth-order valence-corrected chi connectivity index (χ4v) is 4.99. The van der Waals surface area contributed by atoms with Crippen LogP contribution in [0.25, 0.3) is 0 Å². The molecule has 1 aromatic heterocycles. The molecule has 0 aliphatic carbocycles. The van der Waals surface area contributed by atoms with Gasteiger partial charge in [0.15, 0.2) is 12.1 Å². The van der Waals surface area contributed by atoms with Crippen molar-refractivity contribution in [3.63, 3.8) is 0 Å². The number of carbonyl (C=O) groups is 2. The van der Waals surface area contributed by atoms with E-state index in [0.717, 1.165) is 5.06 Å². The lowest BCUT2D eigenvalue weighted by Crippen LogP contribution is -2.63. The molecule has 170 valence electrons. The van der Waals surface area contributed by atoms with Crippen LogP contribution in [0.1, 0.15) is 30.2 Å². The summed E-state index contributed by atoms with van der Waals surface area (Å²) >= 11 is 0. The standard InChI is InChI=1S/C15H20N6O9S/c1-18-10-5-19(14(23)24)6-11(8(10)4-16-18)29-17-12(22)9-2-3-15-7-20(9)13(28-15)21(15)30-31(25,26)27/h4,9,11,13H,2-3,5-7H2,1H3,(H,17,22)(H,23,24)(H,25,26,27)/t9-,11?,13?,15?/m0/s1. The summed E-state index contributed by atoms with van der Waals surface area (Å²) in [4.78, 5) is 32.6. The zero-order valence-electron chi connectivity index (χ0n) is 16.2. The van der Waals surface area contributed by atoms with Gasteiger partial charge >= 0.3 is 16.5 Å². The molecule has 4 fully saturated rings. The molecular formula is C15H20N6O9S. The monoisotopic (exact) mass is 460 g/mol. The Morgan fingerprint density at radius 1 is 1.42 bits per heavy atom. The van der Waals surface area contributed by atoms with Crippen LogP contribution in [0.2, 0.25) is 0 Å². The summed E-state index contributed by atoms with van der Waals surface area (Å²) < 4.78 is 42.9. The average Bonchev–Trinajstić information content (AvgIpc) is 3.29. The second kappa shape index (κ2) is 6.83. The van der Waals surface area contributed by atoms with Gasteiger partial charge in [-0.2, -0.15) is 13.5 Å². The molecule has 0 aromatic carbocycles. The maximum Gasteiger partial charge on any atom is 0.414 e. The summed E-state index contributed by atoms with van der Waals surface area (Å²) in [5, 5.41) is 14.5. The molecule has 1 aromatic rings. The summed E-state index contributed by atoms with van der Waals surface area (Å²) in [6, 6.07) is -0.692. The van der Waals surface area contributed by atoms with E-state index in [2.05, 4.69) is 14.9 Å². The zero-order chi connectivity index (χ0) is 22.1. The van der Waals surface area contributed by atoms with Gasteiger partial charge in [-0.3, -0.25) is 23.8 Å². The molecule has 6 heterocycles. The van der Waals surface area contributed by atoms with E-state index in [-0.39, 0.29) is 19.6 Å². The van der Waals surface area contributed by atoms with Crippen molar-refractivity contribution in [2.75, 3.05) is 13.1 Å². The fraction of sp³-hybridized carbons (Fsp3) is 0.667. The minimum absolute atomic E-state index is 0.0213. The number of aromatic nitrogens is 2. The van der Waals surface area contributed by atoms with Gasteiger partial charge in [-0.1, -0.05) is 5.06 Å². The van der Waals surface area contributed by atoms with Crippen molar-refractivity contribution in [2.45, 2.75) is 43.6 Å². The van der Waals surface area contributed by atoms with Gasteiger partial charge in [0.25, 0.3) is 5.91 Å². The quantitative estimate of drug-likeness (QED) is 0.344. The van der Waals surface area contributed by atoms with Crippen molar-refractivity contribution < 1.29 is 41.5 Å². The van der Waals surface area contributed by atoms with Crippen LogP contribution in [0.5, 0.6) is 0 Å². The Balaban J connectivity index is 1.25. The lowest BCUT2D eigenvalue weighted by Gasteiger charge is -2.45. The Morgan fingerprint density at radius 2 is 2.19 bits per heavy atom. The van der Waals surface area contributed by atoms with Crippen LogP contribution in [0.15, 0.2) is 6.20 Å². The van der Waals surface area contributed by atoms with E-state index in [1.54, 1.807) is 22.8 Å². The number of rotatable bonds is 5. The first kappa shape index (κ1) is 20.6. The smallest absolute Gasteiger partial charge is 0.414 e. The fourth-order valence-electron chi connectivity index (χ4n) is 4.58. The second-order valence-corrected chi connectivity index (χ2v) is 8.86. The second-order valence-electron chi connectivity index (χ2n) is 7.85. The Labute approximate surface area is 175 Å². The minimum Gasteiger partial charge on any atom is -0.465 e. The number of carboxylic acid groups (broad SMARTS) is 1. The Hall–Kier alpha value is -2.34. The number of fused-ring (bicyclic) bond motifs is 1. The molecular weight excluding hydrogens is 440 g/mol. The highest BCUT2D eigenvalue weighted by Gasteiger charge is 2.70. The number of ether oxygens (including phenoxy) is 1. The molecule has 4 unspecified atom stereocenters. The van der Waals surface area contributed by atoms with Crippen molar-refractivity contribution in [2.24, 2.45) is 7.05 Å². The highest BCUT2D eigenvalue weighted by molar-refractivity contribution is 7.80. The van der Waals surface area contributed by atoms with E-state index < -0.39 is 46.6 Å². The normalized spacial score (nSPS) is 34.2. The number of nitrogens with zero attached hydrogens (tertiary/aromatic N) is 5. The molecule has 3 N–H and O–H groups in total. The van der Waals surface area contributed by atoms with E-state index in [4.69, 9.17) is 14.1 Å². The lowest BCUT2D eigenvalue weighted by atomic mass is 9.98. The predicted octanol–water partition coefficient (Wildman–Crippen LogP) is -1.47. The number of amides is 2. The number of hydroxylamine groups is 3. The SMILES string of the molecule is Cn1ncc2c1CN(C(=O)O)CC2ONC(=O)[C@@H]1CCC23CN1C(O2)N3OS(=O)(=O)O. The predicted molar refractivity (Wildman–Crippen MR) is 95.4 cm³/mol. The first-order valence-corrected chi connectivity index (χ1v) is 10.8. The highest BCUT2D eigenvalue weighted by atomic mass is 32.3. The summed E-state index contributed by atoms with van der Waals surface area (Å²) in [5.41, 5.74) is 2.72. The summed E-state index contributed by atoms with van der Waals surface area (Å²) in [5.74, 6) is -0.490. The molecule has 5 aliphatic rings. The molecule has 2 amide bonds. The van der Waals surface area contributed by atoms with Gasteiger partial charge in [0.05, 0.1) is 31.0 Å². The average molecular weight is 460 g/mol. The van der Waals surface area contributed by atoms with Crippen LogP contribution >= 0.6 is 0 Å². The molecule has 0 saturated carbocycles. The summed E-state index contributed by atoms with van der Waals surface area (Å²) in [6.07, 6.45) is -0.573. The Morgan fingerprint density at radius 3 is 2.90 bits per heavy atom. The first-order chi connectivity index (χ1) is 14.6. The third-order valence-corrected chi connectivity index (χ3v) is 6.42. The molecule has 5 aliphatic heterocycles. The van der Waals surface area contributed by atoms with E-state index >= 15 is 0 Å². The highest BCUT2D eigenvalue weighted by Crippen LogP contribution is 2.52. The molecule has 5 atom stereocenters. The third-order valence-electron chi connectivity index (χ3n) is 6.07. The maximum absolute atomic E-state index is 12.8. The molecule has 6 rings (SSSR count). The minimum atomic E-state index is -4.72. The molecule has 3 bridgehead atoms. The van der Waals surface area contributed by atoms with Crippen molar-refractivity contribution >= 4 is 22.4 Å². The number of hydrogen-bond acceptors (Lipinski definition) is 10. The first-order valence-electron chi connectivity index (χ1n) is 9.42. The number of hydrogen-bond donors (Lipinski definition) is 3. The van der Waals surface area contributed by atoms with Crippen molar-refractivity contribution in [1.82, 2.24) is 30.1 Å². The van der Waals surface area contributed by atoms with Gasteiger partial charge in [-0.25, -0.2) is 15.2 Å². The van der Waals surface area contributed by atoms with Gasteiger partial charge in [-0.05, 0) is 12.8 Å². The maximum atomic E-state index is 12.8. The van der Waals surface area contributed by atoms with E-state index in [0.29, 0.717) is 24.1 Å². The molecule has 31 heavy (non-hydrogen) atoms. The van der Waals surface area contributed by atoms with Crippen LogP contribution in [-0.2, 0) is 42.6 Å². The molecule has 15 nitrogen and oxygen atoms in total. The Kier molecular flexibility index (Phi) is 4.53. The van der Waals surface area contributed by atoms with Crippen molar-refractivity contribution in [3.8, 4) is 0 Å². The number of aryl methyl sites for hydroxylation is 1.